The van der Waals surface area contributed by atoms with Gasteiger partial charge in [0.15, 0.2) is 0 Å². The smallest absolute Gasteiger partial charge is 0.0775 e. The van der Waals surface area contributed by atoms with Crippen LogP contribution in [0.1, 0.15) is 5.56 Å². The van der Waals surface area contributed by atoms with Crippen LogP contribution in [-0.4, -0.2) is 8.07 Å². The van der Waals surface area contributed by atoms with Crippen molar-refractivity contribution in [2.24, 2.45) is 0 Å². The molecule has 0 aliphatic carbocycles. The van der Waals surface area contributed by atoms with Crippen LogP contribution in [0, 0.1) is 6.92 Å². The van der Waals surface area contributed by atoms with Crippen LogP contribution >= 0.6 is 0 Å². The van der Waals surface area contributed by atoms with Crippen molar-refractivity contribution >= 4 is 24.6 Å². The van der Waals surface area contributed by atoms with Gasteiger partial charge in [-0.1, -0.05) is 55.2 Å². The van der Waals surface area contributed by atoms with Gasteiger partial charge in [0, 0.05) is 11.4 Å². The average molecular weight is 255 g/mol. The van der Waals surface area contributed by atoms with Gasteiger partial charge < -0.3 is 5.32 Å². The van der Waals surface area contributed by atoms with Crippen LogP contribution in [0.25, 0.3) is 0 Å². The zero-order chi connectivity index (χ0) is 13.2. The topological polar surface area (TPSA) is 12.0 Å². The zero-order valence-electron chi connectivity index (χ0n) is 11.6. The van der Waals surface area contributed by atoms with Crippen LogP contribution in [0.4, 0.5) is 11.4 Å². The summed E-state index contributed by atoms with van der Waals surface area (Å²) in [5, 5.41) is 4.96. The lowest BCUT2D eigenvalue weighted by Crippen LogP contribution is -2.37. The first-order valence-electron chi connectivity index (χ1n) is 6.40. The van der Waals surface area contributed by atoms with Gasteiger partial charge >= 0.3 is 0 Å². The van der Waals surface area contributed by atoms with Crippen molar-refractivity contribution in [2.45, 2.75) is 26.6 Å². The van der Waals surface area contributed by atoms with Crippen LogP contribution in [0.5, 0.6) is 0 Å². The first-order chi connectivity index (χ1) is 8.47. The van der Waals surface area contributed by atoms with Crippen molar-refractivity contribution < 1.29 is 0 Å². The third-order valence-corrected chi connectivity index (χ3v) is 5.24. The summed E-state index contributed by atoms with van der Waals surface area (Å²) in [6.07, 6.45) is 0. The van der Waals surface area contributed by atoms with E-state index in [0.29, 0.717) is 0 Å². The second-order valence-corrected chi connectivity index (χ2v) is 10.8. The van der Waals surface area contributed by atoms with E-state index in [1.54, 1.807) is 0 Å². The molecule has 1 nitrogen and oxygen atoms in total. The van der Waals surface area contributed by atoms with Gasteiger partial charge in [0.2, 0.25) is 0 Å². The summed E-state index contributed by atoms with van der Waals surface area (Å²) >= 11 is 0. The first kappa shape index (κ1) is 12.9. The van der Waals surface area contributed by atoms with Crippen molar-refractivity contribution in [1.82, 2.24) is 0 Å². The van der Waals surface area contributed by atoms with Crippen LogP contribution in [0.2, 0.25) is 19.6 Å². The third-order valence-electron chi connectivity index (χ3n) is 3.17. The van der Waals surface area contributed by atoms with Crippen molar-refractivity contribution in [1.29, 1.82) is 0 Å². The molecule has 2 aromatic rings. The molecular weight excluding hydrogens is 234 g/mol. The highest BCUT2D eigenvalue weighted by Gasteiger charge is 2.15. The van der Waals surface area contributed by atoms with E-state index in [-0.39, 0.29) is 0 Å². The van der Waals surface area contributed by atoms with Crippen molar-refractivity contribution in [3.63, 3.8) is 0 Å². The summed E-state index contributed by atoms with van der Waals surface area (Å²) in [5.41, 5.74) is 3.61. The molecule has 18 heavy (non-hydrogen) atoms. The minimum Gasteiger partial charge on any atom is -0.355 e. The molecule has 0 radical (unpaired) electrons. The Kier molecular flexibility index (Phi) is 3.57. The molecule has 2 heteroatoms. The normalized spacial score (nSPS) is 11.3. The molecule has 0 heterocycles. The van der Waals surface area contributed by atoms with Gasteiger partial charge in [-0.05, 0) is 30.7 Å². The minimum atomic E-state index is -1.19. The fraction of sp³-hybridized carbons (Fsp3) is 0.250. The van der Waals surface area contributed by atoms with E-state index in [9.17, 15) is 0 Å². The maximum Gasteiger partial charge on any atom is 0.0775 e. The number of hydrogen-bond donors (Lipinski definition) is 1. The summed E-state index contributed by atoms with van der Waals surface area (Å²) in [4.78, 5) is 0. The number of anilines is 2. The molecule has 2 aromatic carbocycles. The van der Waals surface area contributed by atoms with Gasteiger partial charge in [-0.15, -0.1) is 0 Å². The largest absolute Gasteiger partial charge is 0.355 e. The van der Waals surface area contributed by atoms with E-state index in [1.807, 2.05) is 0 Å². The molecule has 0 amide bonds. The van der Waals surface area contributed by atoms with Crippen LogP contribution in [0.3, 0.4) is 0 Å². The van der Waals surface area contributed by atoms with Crippen molar-refractivity contribution in [3.8, 4) is 0 Å². The second kappa shape index (κ2) is 4.98. The Bertz CT molecular complexity index is 524. The van der Waals surface area contributed by atoms with E-state index in [1.165, 1.54) is 16.4 Å². The van der Waals surface area contributed by atoms with Gasteiger partial charge in [0.1, 0.15) is 0 Å². The number of nitrogens with one attached hydrogen (secondary N) is 1. The predicted octanol–water partition coefficient (Wildman–Crippen LogP) is 4.28. The maximum absolute atomic E-state index is 3.47. The number of aryl methyl sites for hydroxylation is 1. The third kappa shape index (κ3) is 3.02. The molecule has 0 saturated carbocycles. The van der Waals surface area contributed by atoms with Gasteiger partial charge in [0.05, 0.1) is 8.07 Å². The van der Waals surface area contributed by atoms with Gasteiger partial charge in [-0.3, -0.25) is 0 Å². The Morgan fingerprint density at radius 1 is 0.833 bits per heavy atom. The van der Waals surface area contributed by atoms with E-state index in [4.69, 9.17) is 0 Å². The number of benzene rings is 2. The van der Waals surface area contributed by atoms with E-state index < -0.39 is 8.07 Å². The van der Waals surface area contributed by atoms with Gasteiger partial charge in [-0.2, -0.15) is 0 Å². The Labute approximate surface area is 111 Å². The Morgan fingerprint density at radius 3 is 2.00 bits per heavy atom. The first-order valence-corrected chi connectivity index (χ1v) is 9.90. The molecule has 0 aliphatic rings. The molecule has 0 unspecified atom stereocenters. The number of para-hydroxylation sites is 1. The summed E-state index contributed by atoms with van der Waals surface area (Å²) < 4.78 is 0. The molecule has 0 saturated heterocycles. The predicted molar refractivity (Wildman–Crippen MR) is 83.9 cm³/mol. The summed E-state index contributed by atoms with van der Waals surface area (Å²) in [6.45, 7) is 9.24. The standard InChI is InChI=1S/C16H21NSi/c1-13-7-5-6-8-16(13)17-14-9-11-15(12-10-14)18(2,3)4/h5-12,17H,1-4H3. The Hall–Kier alpha value is -1.54. The average Bonchev–Trinajstić information content (AvgIpc) is 2.32. The minimum absolute atomic E-state index is 1.16. The molecule has 2 rings (SSSR count). The van der Waals surface area contributed by atoms with Gasteiger partial charge in [0.25, 0.3) is 0 Å². The number of rotatable bonds is 3. The summed E-state index contributed by atoms with van der Waals surface area (Å²) in [7, 11) is -1.19. The van der Waals surface area contributed by atoms with Crippen molar-refractivity contribution in [2.75, 3.05) is 5.32 Å². The SMILES string of the molecule is Cc1ccccc1Nc1ccc([Si](C)(C)C)cc1. The lowest BCUT2D eigenvalue weighted by molar-refractivity contribution is 1.43. The zero-order valence-corrected chi connectivity index (χ0v) is 12.6. The van der Waals surface area contributed by atoms with E-state index >= 15 is 0 Å². The molecule has 1 N–H and O–H groups in total. The lowest BCUT2D eigenvalue weighted by Gasteiger charge is -2.17. The Balaban J connectivity index is 2.19. The molecule has 0 aliphatic heterocycles. The van der Waals surface area contributed by atoms with Gasteiger partial charge in [-0.25, -0.2) is 0 Å². The lowest BCUT2D eigenvalue weighted by atomic mass is 10.2. The molecule has 0 bridgehead atoms. The second-order valence-electron chi connectivity index (χ2n) is 5.77. The van der Waals surface area contributed by atoms with Crippen LogP contribution < -0.4 is 10.5 Å². The highest BCUT2D eigenvalue weighted by atomic mass is 28.3. The quantitative estimate of drug-likeness (QED) is 0.807. The molecular formula is C16H21NSi. The monoisotopic (exact) mass is 255 g/mol. The molecule has 94 valence electrons. The Morgan fingerprint density at radius 2 is 1.44 bits per heavy atom. The molecule has 0 atom stereocenters. The summed E-state index contributed by atoms with van der Waals surface area (Å²) in [5.74, 6) is 0. The molecule has 0 fully saturated rings. The van der Waals surface area contributed by atoms with E-state index in [0.717, 1.165) is 5.69 Å². The summed E-state index contributed by atoms with van der Waals surface area (Å²) in [6, 6.07) is 17.2. The maximum atomic E-state index is 3.47. The van der Waals surface area contributed by atoms with Crippen LogP contribution in [0.15, 0.2) is 48.5 Å². The molecule has 0 spiro atoms. The highest BCUT2D eigenvalue weighted by molar-refractivity contribution is 6.88. The fourth-order valence-electron chi connectivity index (χ4n) is 1.92. The number of hydrogen-bond acceptors (Lipinski definition) is 1. The van der Waals surface area contributed by atoms with Crippen molar-refractivity contribution in [3.05, 3.63) is 54.1 Å². The molecule has 0 aromatic heterocycles. The fourth-order valence-corrected chi connectivity index (χ4v) is 3.09. The highest BCUT2D eigenvalue weighted by Crippen LogP contribution is 2.19. The van der Waals surface area contributed by atoms with Crippen LogP contribution in [-0.2, 0) is 0 Å². The van der Waals surface area contributed by atoms with E-state index in [2.05, 4.69) is 80.4 Å².